The maximum atomic E-state index is 11.4. The molecule has 0 atom stereocenters. The number of hydrogen-bond acceptors (Lipinski definition) is 6. The van der Waals surface area contributed by atoms with Crippen LogP contribution in [0.4, 0.5) is 0 Å². The number of rotatable bonds is 6. The molecule has 0 rings (SSSR count). The van der Waals surface area contributed by atoms with Crippen molar-refractivity contribution in [3.8, 4) is 0 Å². The molecule has 0 amide bonds. The number of allylic oxidation sites excluding steroid dienone is 2. The fourth-order valence-electron chi connectivity index (χ4n) is 1.10. The second-order valence-electron chi connectivity index (χ2n) is 3.55. The number of nitrogens with zero attached hydrogens (tertiary/aromatic N) is 2. The molecule has 0 bridgehead atoms. The average molecular weight is 270 g/mol. The van der Waals surface area contributed by atoms with Gasteiger partial charge in [-0.15, -0.1) is 0 Å². The average Bonchev–Trinajstić information content (AvgIpc) is 2.27. The van der Waals surface area contributed by atoms with Gasteiger partial charge in [-0.2, -0.15) is 0 Å². The normalized spacial score (nSPS) is 12.5. The van der Waals surface area contributed by atoms with Gasteiger partial charge in [-0.05, 0) is 20.8 Å². The van der Waals surface area contributed by atoms with Crippen LogP contribution in [0.3, 0.4) is 0 Å². The van der Waals surface area contributed by atoms with E-state index in [1.165, 1.54) is 13.8 Å². The fraction of sp³-hybridized carbons (Fsp3) is 0.364. The monoisotopic (exact) mass is 270 g/mol. The van der Waals surface area contributed by atoms with Crippen LogP contribution in [-0.4, -0.2) is 22.4 Å². The highest BCUT2D eigenvalue weighted by Gasteiger charge is 2.24. The van der Waals surface area contributed by atoms with Gasteiger partial charge in [0.1, 0.15) is 5.57 Å². The fourth-order valence-corrected chi connectivity index (χ4v) is 1.10. The van der Waals surface area contributed by atoms with Crippen molar-refractivity contribution in [3.05, 3.63) is 55.4 Å². The zero-order valence-electron chi connectivity index (χ0n) is 10.8. The topological polar surface area (TPSA) is 113 Å². The minimum atomic E-state index is -0.894. The molecule has 8 nitrogen and oxygen atoms in total. The van der Waals surface area contributed by atoms with Gasteiger partial charge in [0, 0.05) is 5.57 Å². The number of esters is 1. The Bertz CT molecular complexity index is 473. The van der Waals surface area contributed by atoms with E-state index in [1.807, 2.05) is 0 Å². The second-order valence-corrected chi connectivity index (χ2v) is 3.55. The lowest BCUT2D eigenvalue weighted by atomic mass is 10.1. The van der Waals surface area contributed by atoms with Crippen LogP contribution >= 0.6 is 0 Å². The molecule has 19 heavy (non-hydrogen) atoms. The largest absolute Gasteiger partial charge is 0.462 e. The Morgan fingerprint density at radius 2 is 1.79 bits per heavy atom. The standard InChI is InChI=1S/C11H14N2O6/c1-5-19-11(14)8(4)10(13(17)18)6-9(7(2)3)12(15)16/h6H,2,5H2,1,3-4H3/b9-6+,10-8-. The van der Waals surface area contributed by atoms with Gasteiger partial charge in [-0.3, -0.25) is 20.2 Å². The van der Waals surface area contributed by atoms with Crippen LogP contribution in [0, 0.1) is 20.2 Å². The van der Waals surface area contributed by atoms with Crippen LogP contribution in [0.15, 0.2) is 35.2 Å². The molecule has 0 aromatic rings. The summed E-state index contributed by atoms with van der Waals surface area (Å²) in [7, 11) is 0. The maximum absolute atomic E-state index is 11.4. The first kappa shape index (κ1) is 16.5. The van der Waals surface area contributed by atoms with Gasteiger partial charge in [-0.25, -0.2) is 4.79 Å². The van der Waals surface area contributed by atoms with Gasteiger partial charge in [0.25, 0.3) is 11.4 Å². The zero-order chi connectivity index (χ0) is 15.2. The Hall–Kier alpha value is -2.51. The van der Waals surface area contributed by atoms with E-state index in [4.69, 9.17) is 0 Å². The Morgan fingerprint density at radius 3 is 2.11 bits per heavy atom. The number of ether oxygens (including phenoxy) is 1. The smallest absolute Gasteiger partial charge is 0.340 e. The maximum Gasteiger partial charge on any atom is 0.340 e. The molecule has 104 valence electrons. The highest BCUT2D eigenvalue weighted by molar-refractivity contribution is 5.88. The third kappa shape index (κ3) is 4.70. The molecule has 0 aromatic carbocycles. The number of nitro groups is 2. The minimum absolute atomic E-state index is 0.0426. The highest BCUT2D eigenvalue weighted by Crippen LogP contribution is 2.15. The molecule has 0 aliphatic rings. The summed E-state index contributed by atoms with van der Waals surface area (Å²) in [5.74, 6) is -0.894. The van der Waals surface area contributed by atoms with Gasteiger partial charge in [0.05, 0.1) is 22.5 Å². The lowest BCUT2D eigenvalue weighted by Crippen LogP contribution is -2.12. The van der Waals surface area contributed by atoms with Gasteiger partial charge in [-0.1, -0.05) is 6.58 Å². The summed E-state index contributed by atoms with van der Waals surface area (Å²) in [6.45, 7) is 7.46. The van der Waals surface area contributed by atoms with Crippen molar-refractivity contribution < 1.29 is 19.4 Å². The third-order valence-corrected chi connectivity index (χ3v) is 2.07. The van der Waals surface area contributed by atoms with Gasteiger partial charge in [0.2, 0.25) is 0 Å². The summed E-state index contributed by atoms with van der Waals surface area (Å²) in [6, 6.07) is 0. The molecule has 0 spiro atoms. The van der Waals surface area contributed by atoms with Crippen LogP contribution in [0.25, 0.3) is 0 Å². The van der Waals surface area contributed by atoms with Crippen molar-refractivity contribution in [1.29, 1.82) is 0 Å². The van der Waals surface area contributed by atoms with E-state index < -0.39 is 27.2 Å². The van der Waals surface area contributed by atoms with Crippen molar-refractivity contribution >= 4 is 5.97 Å². The lowest BCUT2D eigenvalue weighted by molar-refractivity contribution is -0.432. The summed E-state index contributed by atoms with van der Waals surface area (Å²) < 4.78 is 4.61. The summed E-state index contributed by atoms with van der Waals surface area (Å²) >= 11 is 0. The first-order valence-corrected chi connectivity index (χ1v) is 5.26. The Labute approximate surface area is 109 Å². The van der Waals surface area contributed by atoms with E-state index in [0.29, 0.717) is 6.08 Å². The summed E-state index contributed by atoms with van der Waals surface area (Å²) in [6.07, 6.45) is 0.703. The van der Waals surface area contributed by atoms with Gasteiger partial charge < -0.3 is 4.74 Å². The summed E-state index contributed by atoms with van der Waals surface area (Å²) in [5, 5.41) is 21.6. The SMILES string of the molecule is C=C(C)/C(=C\C(=C(/C)C(=O)OCC)[N+](=O)[O-])[N+](=O)[O-]. The molecular formula is C11H14N2O6. The van der Waals surface area contributed by atoms with Crippen LogP contribution in [0.5, 0.6) is 0 Å². The van der Waals surface area contributed by atoms with Crippen LogP contribution in [-0.2, 0) is 9.53 Å². The first-order valence-electron chi connectivity index (χ1n) is 5.26. The van der Waals surface area contributed by atoms with Crippen LogP contribution in [0.1, 0.15) is 20.8 Å². The van der Waals surface area contributed by atoms with E-state index >= 15 is 0 Å². The van der Waals surface area contributed by atoms with Gasteiger partial charge in [0.15, 0.2) is 0 Å². The summed E-state index contributed by atoms with van der Waals surface area (Å²) in [5.41, 5.74) is -1.49. The van der Waals surface area contributed by atoms with Crippen molar-refractivity contribution in [2.24, 2.45) is 0 Å². The molecule has 0 unspecified atom stereocenters. The van der Waals surface area contributed by atoms with E-state index in [2.05, 4.69) is 11.3 Å². The van der Waals surface area contributed by atoms with Crippen molar-refractivity contribution in [2.45, 2.75) is 20.8 Å². The quantitative estimate of drug-likeness (QED) is 0.239. The first-order chi connectivity index (χ1) is 8.72. The Morgan fingerprint density at radius 1 is 1.26 bits per heavy atom. The van der Waals surface area contributed by atoms with Crippen molar-refractivity contribution in [1.82, 2.24) is 0 Å². The van der Waals surface area contributed by atoms with E-state index in [9.17, 15) is 25.0 Å². The Balaban J connectivity index is 5.82. The molecule has 0 aliphatic carbocycles. The van der Waals surface area contributed by atoms with Gasteiger partial charge >= 0.3 is 5.97 Å². The van der Waals surface area contributed by atoms with Crippen LogP contribution < -0.4 is 0 Å². The molecular weight excluding hydrogens is 256 g/mol. The number of hydrogen-bond donors (Lipinski definition) is 0. The van der Waals surface area contributed by atoms with Crippen LogP contribution in [0.2, 0.25) is 0 Å². The molecule has 0 radical (unpaired) electrons. The molecule has 8 heteroatoms. The summed E-state index contributed by atoms with van der Waals surface area (Å²) in [4.78, 5) is 31.3. The van der Waals surface area contributed by atoms with Crippen molar-refractivity contribution in [2.75, 3.05) is 6.61 Å². The minimum Gasteiger partial charge on any atom is -0.462 e. The lowest BCUT2D eigenvalue weighted by Gasteiger charge is -2.02. The molecule has 0 saturated carbocycles. The molecule has 0 heterocycles. The predicted octanol–water partition coefficient (Wildman–Crippen LogP) is 1.84. The zero-order valence-corrected chi connectivity index (χ0v) is 10.8. The molecule has 0 aromatic heterocycles. The third-order valence-electron chi connectivity index (χ3n) is 2.07. The highest BCUT2D eigenvalue weighted by atomic mass is 16.6. The molecule has 0 aliphatic heterocycles. The number of carbonyl (C=O) groups excluding carboxylic acids is 1. The molecule has 0 N–H and O–H groups in total. The van der Waals surface area contributed by atoms with E-state index in [1.54, 1.807) is 6.92 Å². The molecule has 0 fully saturated rings. The Kier molecular flexibility index (Phi) is 6.11. The van der Waals surface area contributed by atoms with Crippen molar-refractivity contribution in [3.63, 3.8) is 0 Å². The number of carbonyl (C=O) groups is 1. The van der Waals surface area contributed by atoms with E-state index in [-0.39, 0.29) is 17.8 Å². The predicted molar refractivity (Wildman–Crippen MR) is 66.2 cm³/mol. The second kappa shape index (κ2) is 7.04. The molecule has 0 saturated heterocycles. The van der Waals surface area contributed by atoms with E-state index in [0.717, 1.165) is 0 Å².